The largest absolute Gasteiger partial charge is 0.462 e. The SMILES string of the molecule is CC(=O)O[C@@H]1CC[C@]2(C)[C@@H]3CC[C@@]4(C)[C@@H]5[C@H](C[C@@H]4[C@@H]3[C@H](Br)C(=O)[C@@]2(O)C1)O[C@]1(CC[C@H](C)CO1)[C@H]5C. The van der Waals surface area contributed by atoms with E-state index in [0.29, 0.717) is 36.5 Å². The molecule has 0 unspecified atom stereocenters. The zero-order valence-electron chi connectivity index (χ0n) is 22.4. The van der Waals surface area contributed by atoms with Crippen molar-refractivity contribution in [3.63, 3.8) is 0 Å². The van der Waals surface area contributed by atoms with Crippen LogP contribution in [-0.2, 0) is 23.8 Å². The summed E-state index contributed by atoms with van der Waals surface area (Å²) in [6, 6.07) is 0. The van der Waals surface area contributed by atoms with Gasteiger partial charge < -0.3 is 19.3 Å². The monoisotopic (exact) mass is 566 g/mol. The van der Waals surface area contributed by atoms with E-state index in [-0.39, 0.29) is 41.5 Å². The molecule has 0 radical (unpaired) electrons. The molecule has 2 aliphatic heterocycles. The van der Waals surface area contributed by atoms with Crippen molar-refractivity contribution in [3.8, 4) is 0 Å². The predicted molar refractivity (Wildman–Crippen MR) is 137 cm³/mol. The second-order valence-corrected chi connectivity index (χ2v) is 14.8. The van der Waals surface area contributed by atoms with Crippen molar-refractivity contribution in [2.24, 2.45) is 46.3 Å². The molecular weight excluding hydrogens is 524 g/mol. The second-order valence-electron chi connectivity index (χ2n) is 13.8. The van der Waals surface area contributed by atoms with Crippen LogP contribution in [0.2, 0.25) is 0 Å². The number of aliphatic hydroxyl groups is 1. The van der Waals surface area contributed by atoms with Gasteiger partial charge in [-0.1, -0.05) is 43.6 Å². The Morgan fingerprint density at radius 3 is 2.53 bits per heavy atom. The Balaban J connectivity index is 1.30. The zero-order chi connectivity index (χ0) is 25.8. The fourth-order valence-corrected chi connectivity index (χ4v) is 11.4. The van der Waals surface area contributed by atoms with Crippen molar-refractivity contribution in [1.82, 2.24) is 0 Å². The van der Waals surface area contributed by atoms with E-state index < -0.39 is 27.7 Å². The third-order valence-electron chi connectivity index (χ3n) is 12.2. The Morgan fingerprint density at radius 2 is 1.86 bits per heavy atom. The minimum atomic E-state index is -1.47. The van der Waals surface area contributed by atoms with E-state index in [1.54, 1.807) is 0 Å². The maximum absolute atomic E-state index is 14.0. The lowest BCUT2D eigenvalue weighted by Crippen LogP contribution is -2.70. The smallest absolute Gasteiger partial charge is 0.302 e. The van der Waals surface area contributed by atoms with E-state index in [2.05, 4.69) is 43.6 Å². The summed E-state index contributed by atoms with van der Waals surface area (Å²) in [5.41, 5.74) is -1.89. The number of hydrogen-bond donors (Lipinski definition) is 1. The number of hydrogen-bond acceptors (Lipinski definition) is 6. The van der Waals surface area contributed by atoms with Crippen LogP contribution in [0.1, 0.15) is 86.0 Å². The summed E-state index contributed by atoms with van der Waals surface area (Å²) in [5.74, 6) is 1.24. The highest BCUT2D eigenvalue weighted by molar-refractivity contribution is 9.10. The molecule has 7 heteroatoms. The van der Waals surface area contributed by atoms with E-state index in [4.69, 9.17) is 14.2 Å². The van der Waals surface area contributed by atoms with Crippen LogP contribution in [0.15, 0.2) is 0 Å². The van der Waals surface area contributed by atoms with Gasteiger partial charge in [0.2, 0.25) is 0 Å². The number of carbonyl (C=O) groups excluding carboxylic acids is 2. The van der Waals surface area contributed by atoms with E-state index in [1.807, 2.05) is 0 Å². The van der Waals surface area contributed by atoms with Gasteiger partial charge in [-0.2, -0.15) is 0 Å². The predicted octanol–water partition coefficient (Wildman–Crippen LogP) is 5.03. The quantitative estimate of drug-likeness (QED) is 0.354. The number of fused-ring (bicyclic) bond motifs is 7. The third-order valence-corrected chi connectivity index (χ3v) is 13.2. The molecule has 0 amide bonds. The maximum Gasteiger partial charge on any atom is 0.302 e. The molecule has 2 heterocycles. The molecule has 0 aromatic rings. The van der Waals surface area contributed by atoms with Gasteiger partial charge in [-0.05, 0) is 73.5 Å². The number of Topliss-reactive ketones (excluding diaryl/α,β-unsaturated/α-hetero) is 1. The van der Waals surface area contributed by atoms with Crippen LogP contribution < -0.4 is 0 Å². The van der Waals surface area contributed by atoms with Crippen LogP contribution in [0.4, 0.5) is 0 Å². The average Bonchev–Trinajstić information content (AvgIpc) is 3.26. The molecule has 13 atom stereocenters. The lowest BCUT2D eigenvalue weighted by Gasteiger charge is -2.64. The number of alkyl halides is 1. The van der Waals surface area contributed by atoms with Gasteiger partial charge in [-0.3, -0.25) is 9.59 Å². The van der Waals surface area contributed by atoms with E-state index in [1.165, 1.54) is 6.92 Å². The van der Waals surface area contributed by atoms with Gasteiger partial charge in [0, 0.05) is 31.1 Å². The Hall–Kier alpha value is -0.500. The first-order valence-electron chi connectivity index (χ1n) is 14.3. The highest BCUT2D eigenvalue weighted by atomic mass is 79.9. The Bertz CT molecular complexity index is 946. The third kappa shape index (κ3) is 3.24. The molecule has 0 bridgehead atoms. The summed E-state index contributed by atoms with van der Waals surface area (Å²) in [6.07, 6.45) is 6.57. The Labute approximate surface area is 223 Å². The van der Waals surface area contributed by atoms with Gasteiger partial charge in [0.25, 0.3) is 0 Å². The van der Waals surface area contributed by atoms with Crippen molar-refractivity contribution in [2.45, 2.75) is 114 Å². The summed E-state index contributed by atoms with van der Waals surface area (Å²) >= 11 is 3.84. The summed E-state index contributed by atoms with van der Waals surface area (Å²) < 4.78 is 18.8. The summed E-state index contributed by atoms with van der Waals surface area (Å²) in [7, 11) is 0. The summed E-state index contributed by atoms with van der Waals surface area (Å²) in [5, 5.41) is 12.0. The minimum absolute atomic E-state index is 0.0915. The van der Waals surface area contributed by atoms with Gasteiger partial charge in [0.05, 0.1) is 17.5 Å². The van der Waals surface area contributed by atoms with Gasteiger partial charge in [0.1, 0.15) is 11.7 Å². The molecule has 2 saturated heterocycles. The lowest BCUT2D eigenvalue weighted by atomic mass is 9.42. The number of carbonyl (C=O) groups is 2. The van der Waals surface area contributed by atoms with Crippen molar-refractivity contribution >= 4 is 27.7 Å². The lowest BCUT2D eigenvalue weighted by molar-refractivity contribution is -0.273. The molecule has 1 N–H and O–H groups in total. The molecule has 4 saturated carbocycles. The second kappa shape index (κ2) is 8.25. The molecule has 0 aromatic carbocycles. The van der Waals surface area contributed by atoms with Crippen molar-refractivity contribution in [2.75, 3.05) is 6.61 Å². The molecule has 202 valence electrons. The number of rotatable bonds is 1. The van der Waals surface area contributed by atoms with E-state index in [9.17, 15) is 14.7 Å². The average molecular weight is 568 g/mol. The number of halogens is 1. The first-order chi connectivity index (χ1) is 16.9. The molecule has 6 aliphatic rings. The minimum Gasteiger partial charge on any atom is -0.462 e. The van der Waals surface area contributed by atoms with Crippen LogP contribution in [0, 0.1) is 46.3 Å². The van der Waals surface area contributed by atoms with Gasteiger partial charge in [0.15, 0.2) is 11.6 Å². The molecule has 6 nitrogen and oxygen atoms in total. The fraction of sp³-hybridized carbons (Fsp3) is 0.931. The first-order valence-corrected chi connectivity index (χ1v) is 15.2. The summed E-state index contributed by atoms with van der Waals surface area (Å²) in [6.45, 7) is 11.4. The Morgan fingerprint density at radius 1 is 1.11 bits per heavy atom. The standard InChI is InChI=1S/C29H43BrO6/c1-15-6-11-29(34-14-15)16(2)23-21(36-29)12-20-22-19(8-9-26(20,23)4)27(5)10-7-18(35-17(3)31)13-28(27,33)25(32)24(22)30/h15-16,18-24,33H,6-14H2,1-5H3/t15-,16-,18+,19+,20+,21-,22+,23-,24-,26+,27+,28-,29+/m0/s1. The topological polar surface area (TPSA) is 82.1 Å². The highest BCUT2D eigenvalue weighted by Crippen LogP contribution is 2.72. The molecule has 0 aromatic heterocycles. The molecule has 6 fully saturated rings. The fourth-order valence-electron chi connectivity index (χ4n) is 10.3. The van der Waals surface area contributed by atoms with Crippen LogP contribution in [0.5, 0.6) is 0 Å². The molecule has 1 spiro atoms. The van der Waals surface area contributed by atoms with Crippen LogP contribution in [-0.4, -0.2) is 51.9 Å². The van der Waals surface area contributed by atoms with Crippen LogP contribution >= 0.6 is 15.9 Å². The molecular formula is C29H43BrO6. The van der Waals surface area contributed by atoms with Crippen molar-refractivity contribution < 1.29 is 28.9 Å². The van der Waals surface area contributed by atoms with E-state index >= 15 is 0 Å². The van der Waals surface area contributed by atoms with Gasteiger partial charge in [-0.15, -0.1) is 0 Å². The first kappa shape index (κ1) is 25.8. The van der Waals surface area contributed by atoms with Crippen LogP contribution in [0.3, 0.4) is 0 Å². The van der Waals surface area contributed by atoms with Gasteiger partial charge >= 0.3 is 5.97 Å². The van der Waals surface area contributed by atoms with Crippen LogP contribution in [0.25, 0.3) is 0 Å². The number of ether oxygens (including phenoxy) is 3. The molecule has 6 rings (SSSR count). The normalized spacial score (nSPS) is 58.1. The van der Waals surface area contributed by atoms with E-state index in [0.717, 1.165) is 38.7 Å². The Kier molecular flexibility index (Phi) is 5.90. The summed E-state index contributed by atoms with van der Waals surface area (Å²) in [4.78, 5) is 25.2. The number of ketones is 1. The molecule has 4 aliphatic carbocycles. The maximum atomic E-state index is 14.0. The van der Waals surface area contributed by atoms with Crippen molar-refractivity contribution in [3.05, 3.63) is 0 Å². The molecule has 36 heavy (non-hydrogen) atoms. The number of esters is 1. The van der Waals surface area contributed by atoms with Gasteiger partial charge in [-0.25, -0.2) is 0 Å². The van der Waals surface area contributed by atoms with Crippen molar-refractivity contribution in [1.29, 1.82) is 0 Å². The highest BCUT2D eigenvalue weighted by Gasteiger charge is 2.74. The zero-order valence-corrected chi connectivity index (χ0v) is 24.0.